The molecule has 25 heteroatoms. The van der Waals surface area contributed by atoms with E-state index in [1.807, 2.05) is 6.26 Å². The maximum atomic E-state index is 17.0. The van der Waals surface area contributed by atoms with Crippen LogP contribution in [0.5, 0.6) is 0 Å². The minimum atomic E-state index is -2.65. The van der Waals surface area contributed by atoms with Gasteiger partial charge in [0, 0.05) is 37.3 Å². The zero-order valence-electron chi connectivity index (χ0n) is 44.6. The summed E-state index contributed by atoms with van der Waals surface area (Å²) >= 11 is 3.45. The van der Waals surface area contributed by atoms with Gasteiger partial charge in [0.1, 0.15) is 36.8 Å². The average molecular weight is 1190 g/mol. The van der Waals surface area contributed by atoms with E-state index in [9.17, 15) is 29.1 Å². The molecule has 4 N–H and O–H groups in total. The Bertz CT molecular complexity index is 3560. The third kappa shape index (κ3) is 12.8. The number of ether oxygens (including phenoxy) is 7. The molecule has 82 heavy (non-hydrogen) atoms. The minimum Gasteiger partial charge on any atom is -0.481 e. The Morgan fingerprint density at radius 2 is 1.06 bits per heavy atom. The highest BCUT2D eigenvalue weighted by molar-refractivity contribution is 7.98. The first-order valence-corrected chi connectivity index (χ1v) is 27.6. The third-order valence-electron chi connectivity index (χ3n) is 12.8. The molecule has 8 aromatic rings. The second-order valence-electron chi connectivity index (χ2n) is 18.0. The maximum Gasteiger partial charge on any atom is 0.338 e. The fraction of sp³-hybridized carbons (Fsp3) is 0.281. The number of nitrogens with one attached hydrogen (secondary N) is 1. The number of esters is 4. The summed E-state index contributed by atoms with van der Waals surface area (Å²) in [4.78, 5) is 87.9. The van der Waals surface area contributed by atoms with E-state index in [0.717, 1.165) is 43.6 Å². The number of aliphatic hydroxyl groups excluding tert-OH is 1. The number of carbonyl (C=O) groups excluding carboxylic acids is 4. The number of carbonyl (C=O) groups is 5. The summed E-state index contributed by atoms with van der Waals surface area (Å²) in [6, 6.07) is 32.7. The molecule has 430 valence electrons. The van der Waals surface area contributed by atoms with E-state index in [4.69, 9.17) is 48.2 Å². The highest BCUT2D eigenvalue weighted by Crippen LogP contribution is 2.55. The lowest BCUT2D eigenvalue weighted by Crippen LogP contribution is -2.51. The number of thioether (sulfide) groups is 1. The van der Waals surface area contributed by atoms with E-state index < -0.39 is 95.9 Å². The second kappa shape index (κ2) is 26.8. The number of aliphatic hydroxyl groups is 2. The summed E-state index contributed by atoms with van der Waals surface area (Å²) in [7, 11) is 2.24. The smallest absolute Gasteiger partial charge is 0.338 e. The van der Waals surface area contributed by atoms with Crippen LogP contribution in [0.25, 0.3) is 21.8 Å². The summed E-state index contributed by atoms with van der Waals surface area (Å²) in [6.07, 6.45) is -1.40. The summed E-state index contributed by atoms with van der Waals surface area (Å²) in [5, 5.41) is 30.9. The number of hydrogen-bond acceptors (Lipinski definition) is 21. The first kappa shape index (κ1) is 61.7. The molecular weight excluding hydrogens is 1130 g/mol. The molecule has 4 aromatic heterocycles. The molecule has 0 spiro atoms. The Morgan fingerprint density at radius 3 is 1.52 bits per heavy atom. The van der Waals surface area contributed by atoms with Crippen LogP contribution in [0.4, 0.5) is 8.78 Å². The lowest BCUT2D eigenvalue weighted by molar-refractivity contribution is -0.267. The topological polar surface area (TPSA) is 282 Å². The normalized spacial score (nSPS) is 23.4. The number of nitrogens with zero attached hydrogens (tertiary/aromatic N) is 3. The predicted octanol–water partition coefficient (Wildman–Crippen LogP) is 8.46. The number of halogens is 2. The number of aromatic amines is 1. The molecule has 1 unspecified atom stereocenters. The quantitative estimate of drug-likeness (QED) is 0.0344. The number of carboxylic acids is 1. The van der Waals surface area contributed by atoms with Crippen LogP contribution in [-0.2, 0) is 49.5 Å². The second-order valence-corrected chi connectivity index (χ2v) is 20.6. The lowest BCUT2D eigenvalue weighted by Gasteiger charge is -2.35. The molecular formula is C57H54F2N4O16S3. The maximum absolute atomic E-state index is 17.0. The van der Waals surface area contributed by atoms with Crippen molar-refractivity contribution in [3.8, 4) is 0 Å². The molecule has 2 saturated heterocycles. The van der Waals surface area contributed by atoms with Crippen LogP contribution in [0, 0.1) is 0 Å². The number of rotatable bonds is 14. The molecule has 2 fully saturated rings. The Labute approximate surface area is 479 Å². The van der Waals surface area contributed by atoms with Crippen molar-refractivity contribution in [3.63, 3.8) is 0 Å². The predicted molar refractivity (Wildman–Crippen MR) is 297 cm³/mol. The van der Waals surface area contributed by atoms with Gasteiger partial charge in [-0.15, -0.1) is 34.4 Å². The first-order valence-electron chi connectivity index (χ1n) is 24.6. The van der Waals surface area contributed by atoms with Gasteiger partial charge in [-0.3, -0.25) is 9.59 Å². The molecule has 0 radical (unpaired) electrons. The molecule has 0 saturated carbocycles. The number of H-pyrrole nitrogens is 1. The van der Waals surface area contributed by atoms with Gasteiger partial charge >= 0.3 is 23.9 Å². The molecule has 8 atom stereocenters. The van der Waals surface area contributed by atoms with Crippen LogP contribution in [0.15, 0.2) is 155 Å². The molecule has 0 amide bonds. The van der Waals surface area contributed by atoms with Crippen LogP contribution >= 0.6 is 34.4 Å². The fourth-order valence-corrected chi connectivity index (χ4v) is 11.8. The van der Waals surface area contributed by atoms with Gasteiger partial charge in [-0.25, -0.2) is 42.9 Å². The number of methoxy groups -OCH3 is 1. The van der Waals surface area contributed by atoms with Crippen LogP contribution in [-0.4, -0.2) is 135 Å². The van der Waals surface area contributed by atoms with Crippen molar-refractivity contribution < 1.29 is 81.2 Å². The van der Waals surface area contributed by atoms with Gasteiger partial charge in [-0.1, -0.05) is 72.8 Å². The van der Waals surface area contributed by atoms with Gasteiger partial charge in [0.2, 0.25) is 22.9 Å². The largest absolute Gasteiger partial charge is 0.481 e. The highest BCUT2D eigenvalue weighted by atomic mass is 32.2. The molecule has 10 rings (SSSR count). The number of alkyl halides is 2. The fourth-order valence-electron chi connectivity index (χ4n) is 8.87. The van der Waals surface area contributed by atoms with Crippen LogP contribution < -0.4 is 5.56 Å². The van der Waals surface area contributed by atoms with Gasteiger partial charge in [0.05, 0.1) is 54.8 Å². The number of carboxylic acid groups (broad SMARTS) is 1. The number of aliphatic carboxylic acids is 1. The molecule has 0 bridgehead atoms. The van der Waals surface area contributed by atoms with Crippen molar-refractivity contribution in [3.05, 3.63) is 187 Å². The number of aromatic nitrogens is 4. The monoisotopic (exact) mass is 1180 g/mol. The van der Waals surface area contributed by atoms with E-state index >= 15 is 8.78 Å². The van der Waals surface area contributed by atoms with E-state index in [1.165, 1.54) is 68.1 Å². The van der Waals surface area contributed by atoms with Crippen molar-refractivity contribution in [2.75, 3.05) is 33.7 Å². The summed E-state index contributed by atoms with van der Waals surface area (Å²) in [6.45, 7) is 2.44. The lowest BCUT2D eigenvalue weighted by atomic mass is 9.89. The highest BCUT2D eigenvalue weighted by Gasteiger charge is 2.70. The third-order valence-corrected chi connectivity index (χ3v) is 15.6. The number of hydrogen-bond donors (Lipinski definition) is 4. The molecule has 2 aliphatic rings. The number of benzene rings is 4. The Hall–Kier alpha value is -7.88. The van der Waals surface area contributed by atoms with Crippen LogP contribution in [0.3, 0.4) is 0 Å². The van der Waals surface area contributed by atoms with E-state index in [1.54, 1.807) is 102 Å². The standard InChI is InChI=1S/C27H23FN2O7S.C27H23FN2O6S2.C2H4O2.CH4O/c1-26(28)21(36-25(33)17-11-7-4-8-12-17)19(13-35-24(32)16-9-5-3-6-10-16)37-27(26,34-2)22-20-18(14-38-22)23(31)30-15-29-20;1-26(28)21(35-25(32)17-11-7-4-8-12-17)19(13-34-24(31)16-9-5-3-6-10-16)36-27(26,33)22-20-18(14-38-22)23(37-2)30-15-29-20;1-2(3)4;1-2/h3-12,14-15,19,21H,13H2,1-2H3,(H,29,30,31);3-12,14-15,19,21,33H,13H2,1-2H3;1H3,(H,3,4);2H,1H3/t19-,21-,26-,27+;19-,21-,26-,27?;;/m11../s1. The van der Waals surface area contributed by atoms with Gasteiger partial charge < -0.3 is 53.5 Å². The SMILES string of the molecule is CC(=O)O.CO.CO[C@@]1(c2scc3c(=O)[nH]cnc23)O[C@H](COC(=O)c2ccccc2)[C@@H](OC(=O)c2ccccc2)[C@@]1(C)F.CSc1ncnc2c(C3(O)O[C@H](COC(=O)c4ccccc4)[C@@H](OC(=O)c4ccccc4)[C@@]3(C)F)scc12. The van der Waals surface area contributed by atoms with Gasteiger partial charge in [-0.2, -0.15) is 0 Å². The molecule has 4 aromatic carbocycles. The first-order chi connectivity index (χ1) is 39.3. The van der Waals surface area contributed by atoms with E-state index in [2.05, 4.69) is 19.9 Å². The number of fused-ring (bicyclic) bond motifs is 2. The van der Waals surface area contributed by atoms with Crippen molar-refractivity contribution in [1.29, 1.82) is 0 Å². The molecule has 20 nitrogen and oxygen atoms in total. The van der Waals surface area contributed by atoms with Gasteiger partial charge in [0.15, 0.2) is 12.2 Å². The summed E-state index contributed by atoms with van der Waals surface area (Å²) < 4.78 is 73.5. The van der Waals surface area contributed by atoms with Crippen LogP contribution in [0.1, 0.15) is 72.0 Å². The molecule has 2 aliphatic heterocycles. The Kier molecular flexibility index (Phi) is 20.2. The zero-order valence-corrected chi connectivity index (χ0v) is 47.0. The van der Waals surface area contributed by atoms with Crippen molar-refractivity contribution >= 4 is 86.1 Å². The summed E-state index contributed by atoms with van der Waals surface area (Å²) in [5.41, 5.74) is -4.10. The Morgan fingerprint density at radius 1 is 0.646 bits per heavy atom. The summed E-state index contributed by atoms with van der Waals surface area (Å²) in [5.74, 6) is -8.46. The Balaban J connectivity index is 0.000000216. The zero-order chi connectivity index (χ0) is 59.4. The van der Waals surface area contributed by atoms with Gasteiger partial charge in [-0.05, 0) is 68.6 Å². The van der Waals surface area contributed by atoms with E-state index in [0.29, 0.717) is 15.9 Å². The van der Waals surface area contributed by atoms with E-state index in [-0.39, 0.29) is 42.9 Å². The van der Waals surface area contributed by atoms with Crippen molar-refractivity contribution in [1.82, 2.24) is 19.9 Å². The number of thiophene rings is 2. The van der Waals surface area contributed by atoms with Gasteiger partial charge in [0.25, 0.3) is 11.5 Å². The van der Waals surface area contributed by atoms with Crippen LogP contribution in [0.2, 0.25) is 0 Å². The molecule has 0 aliphatic carbocycles. The van der Waals surface area contributed by atoms with Crippen molar-refractivity contribution in [2.45, 2.75) is 73.1 Å². The van der Waals surface area contributed by atoms with Crippen molar-refractivity contribution in [2.24, 2.45) is 0 Å². The minimum absolute atomic E-state index is 0.0906. The molecule has 6 heterocycles. The average Bonchev–Trinajstić information content (AvgIpc) is 3.19.